The van der Waals surface area contributed by atoms with Gasteiger partial charge in [0, 0.05) is 6.92 Å². The van der Waals surface area contributed by atoms with Gasteiger partial charge in [-0.25, -0.2) is 8.42 Å². The van der Waals surface area contributed by atoms with Crippen molar-refractivity contribution in [3.63, 3.8) is 0 Å². The predicted molar refractivity (Wildman–Crippen MR) is 34.7 cm³/mol. The highest BCUT2D eigenvalue weighted by Crippen LogP contribution is 2.00. The molecular weight excluding hydrogens is 140 g/mol. The van der Waals surface area contributed by atoms with Gasteiger partial charge in [0.1, 0.15) is 0 Å². The summed E-state index contributed by atoms with van der Waals surface area (Å²) in [5, 5.41) is -1.34. The van der Waals surface area contributed by atoms with Gasteiger partial charge in [0.2, 0.25) is 15.0 Å². The molecule has 0 amide bonds. The molecule has 0 aliphatic heterocycles. The van der Waals surface area contributed by atoms with Crippen molar-refractivity contribution in [2.24, 2.45) is 0 Å². The van der Waals surface area contributed by atoms with E-state index in [1.807, 2.05) is 0 Å². The Hall–Kier alpha value is -0.380. The molecule has 3 nitrogen and oxygen atoms in total. The van der Waals surface area contributed by atoms with Gasteiger partial charge in [-0.2, -0.15) is 0 Å². The van der Waals surface area contributed by atoms with E-state index in [4.69, 9.17) is 0 Å². The summed E-state index contributed by atoms with van der Waals surface area (Å²) in [6.45, 7) is 4.03. The van der Waals surface area contributed by atoms with Crippen LogP contribution in [-0.2, 0) is 14.6 Å². The third-order valence-electron chi connectivity index (χ3n) is 1.02. The molecule has 0 unspecified atom stereocenters. The lowest BCUT2D eigenvalue weighted by atomic mass is 10.6. The molecule has 54 valence electrons. The Bertz CT molecular complexity index is 200. The van der Waals surface area contributed by atoms with Crippen LogP contribution in [0.4, 0.5) is 0 Å². The van der Waals surface area contributed by atoms with Crippen LogP contribution in [0.3, 0.4) is 0 Å². The Morgan fingerprint density at radius 1 is 1.33 bits per heavy atom. The summed E-state index contributed by atoms with van der Waals surface area (Å²) in [5.41, 5.74) is 0. The lowest BCUT2D eigenvalue weighted by Crippen LogP contribution is -2.20. The van der Waals surface area contributed by atoms with Crippen molar-refractivity contribution in [1.82, 2.24) is 0 Å². The van der Waals surface area contributed by atoms with Crippen LogP contribution in [0.5, 0.6) is 0 Å². The second-order valence-corrected chi connectivity index (χ2v) is 4.69. The van der Waals surface area contributed by atoms with Crippen LogP contribution in [0, 0.1) is 0 Å². The zero-order valence-corrected chi connectivity index (χ0v) is 6.53. The summed E-state index contributed by atoms with van der Waals surface area (Å²) in [5.74, 6) is 0. The molecule has 0 saturated heterocycles. The molecule has 0 aromatic carbocycles. The third-order valence-corrected chi connectivity index (χ3v) is 3.06. The monoisotopic (exact) mass is 150 g/mol. The second-order valence-electron chi connectivity index (χ2n) is 2.09. The Morgan fingerprint density at radius 3 is 1.67 bits per heavy atom. The van der Waals surface area contributed by atoms with Crippen molar-refractivity contribution >= 4 is 15.0 Å². The van der Waals surface area contributed by atoms with Gasteiger partial charge in [0.05, 0.1) is 5.25 Å². The Kier molecular flexibility index (Phi) is 2.37. The molecule has 0 rings (SSSR count). The summed E-state index contributed by atoms with van der Waals surface area (Å²) in [6, 6.07) is 0. The van der Waals surface area contributed by atoms with E-state index >= 15 is 0 Å². The number of carbonyl (C=O) groups is 1. The largest absolute Gasteiger partial charge is 0.282 e. The topological polar surface area (TPSA) is 51.2 Å². The van der Waals surface area contributed by atoms with Gasteiger partial charge in [-0.05, 0) is 13.8 Å². The minimum Gasteiger partial charge on any atom is -0.282 e. The van der Waals surface area contributed by atoms with Crippen molar-refractivity contribution in [2.75, 3.05) is 0 Å². The summed E-state index contributed by atoms with van der Waals surface area (Å²) in [6.07, 6.45) is 0. The zero-order chi connectivity index (χ0) is 7.65. The summed E-state index contributed by atoms with van der Waals surface area (Å²) >= 11 is 0. The minimum absolute atomic E-state index is 0.588. The summed E-state index contributed by atoms with van der Waals surface area (Å²) in [7, 11) is -3.45. The maximum atomic E-state index is 10.7. The first-order valence-corrected chi connectivity index (χ1v) is 4.18. The van der Waals surface area contributed by atoms with Crippen LogP contribution in [0.15, 0.2) is 0 Å². The fraction of sp³-hybridized carbons (Fsp3) is 0.800. The molecule has 0 heterocycles. The SMILES string of the molecule is CC(=O)S(=O)(=O)C(C)C. The molecular formula is C5H10O3S. The van der Waals surface area contributed by atoms with Gasteiger partial charge in [-0.3, -0.25) is 4.79 Å². The van der Waals surface area contributed by atoms with Crippen molar-refractivity contribution in [3.8, 4) is 0 Å². The maximum absolute atomic E-state index is 10.7. The van der Waals surface area contributed by atoms with E-state index in [0.29, 0.717) is 0 Å². The van der Waals surface area contributed by atoms with E-state index in [-0.39, 0.29) is 0 Å². The van der Waals surface area contributed by atoms with E-state index in [1.54, 1.807) is 0 Å². The molecule has 0 aromatic rings. The number of rotatable bonds is 1. The van der Waals surface area contributed by atoms with Crippen molar-refractivity contribution in [2.45, 2.75) is 26.0 Å². The molecule has 0 bridgehead atoms. The molecule has 0 aliphatic carbocycles. The van der Waals surface area contributed by atoms with E-state index in [1.165, 1.54) is 13.8 Å². The van der Waals surface area contributed by atoms with E-state index in [0.717, 1.165) is 6.92 Å². The quantitative estimate of drug-likeness (QED) is 0.542. The highest BCUT2D eigenvalue weighted by molar-refractivity contribution is 8.06. The zero-order valence-electron chi connectivity index (χ0n) is 5.71. The molecule has 0 aromatic heterocycles. The lowest BCUT2D eigenvalue weighted by Gasteiger charge is -2.00. The average molecular weight is 150 g/mol. The van der Waals surface area contributed by atoms with E-state index < -0.39 is 20.2 Å². The van der Waals surface area contributed by atoms with Gasteiger partial charge in [-0.1, -0.05) is 0 Å². The van der Waals surface area contributed by atoms with Crippen molar-refractivity contribution < 1.29 is 13.2 Å². The number of sulfone groups is 1. The third kappa shape index (κ3) is 1.78. The van der Waals surface area contributed by atoms with Gasteiger partial charge in [-0.15, -0.1) is 0 Å². The highest BCUT2D eigenvalue weighted by atomic mass is 32.2. The lowest BCUT2D eigenvalue weighted by molar-refractivity contribution is -0.109. The Morgan fingerprint density at radius 2 is 1.67 bits per heavy atom. The van der Waals surface area contributed by atoms with E-state index in [2.05, 4.69) is 0 Å². The van der Waals surface area contributed by atoms with Gasteiger partial charge < -0.3 is 0 Å². The first kappa shape index (κ1) is 8.62. The first-order chi connectivity index (χ1) is 3.89. The summed E-state index contributed by atoms with van der Waals surface area (Å²) in [4.78, 5) is 10.3. The standard InChI is InChI=1S/C5H10O3S/c1-4(2)9(7,8)5(3)6/h4H,1-3H3. The normalized spacial score (nSPS) is 12.0. The first-order valence-electron chi connectivity index (χ1n) is 2.63. The molecule has 0 N–H and O–H groups in total. The Labute approximate surface area is 55.0 Å². The van der Waals surface area contributed by atoms with Crippen LogP contribution in [0.2, 0.25) is 0 Å². The maximum Gasteiger partial charge on any atom is 0.243 e. The number of hydrogen-bond acceptors (Lipinski definition) is 3. The molecule has 0 fully saturated rings. The minimum atomic E-state index is -3.45. The predicted octanol–water partition coefficient (Wildman–Crippen LogP) is 0.356. The van der Waals surface area contributed by atoms with Crippen LogP contribution < -0.4 is 0 Å². The molecule has 0 spiro atoms. The molecule has 4 heteroatoms. The number of hydrogen-bond donors (Lipinski definition) is 0. The Balaban J connectivity index is 4.63. The smallest absolute Gasteiger partial charge is 0.243 e. The second kappa shape index (κ2) is 2.47. The van der Waals surface area contributed by atoms with Crippen molar-refractivity contribution in [1.29, 1.82) is 0 Å². The van der Waals surface area contributed by atoms with Gasteiger partial charge in [0.25, 0.3) is 0 Å². The van der Waals surface area contributed by atoms with Gasteiger partial charge >= 0.3 is 0 Å². The van der Waals surface area contributed by atoms with Crippen LogP contribution in [0.25, 0.3) is 0 Å². The van der Waals surface area contributed by atoms with Crippen LogP contribution in [-0.4, -0.2) is 18.8 Å². The van der Waals surface area contributed by atoms with Crippen LogP contribution >= 0.6 is 0 Å². The van der Waals surface area contributed by atoms with E-state index in [9.17, 15) is 13.2 Å². The van der Waals surface area contributed by atoms with Gasteiger partial charge in [0.15, 0.2) is 0 Å². The highest BCUT2D eigenvalue weighted by Gasteiger charge is 2.20. The van der Waals surface area contributed by atoms with Crippen LogP contribution in [0.1, 0.15) is 20.8 Å². The summed E-state index contributed by atoms with van der Waals surface area (Å²) < 4.78 is 21.4. The van der Waals surface area contributed by atoms with Crippen molar-refractivity contribution in [3.05, 3.63) is 0 Å². The molecule has 0 aliphatic rings. The fourth-order valence-corrected chi connectivity index (χ4v) is 0.996. The number of carbonyl (C=O) groups excluding carboxylic acids is 1. The fourth-order valence-electron chi connectivity index (χ4n) is 0.332. The molecule has 9 heavy (non-hydrogen) atoms. The molecule has 0 radical (unpaired) electrons. The molecule has 0 atom stereocenters. The average Bonchev–Trinajstić information content (AvgIpc) is 1.65. The molecule has 0 saturated carbocycles.